The van der Waals surface area contributed by atoms with Gasteiger partial charge in [0.15, 0.2) is 0 Å². The summed E-state index contributed by atoms with van der Waals surface area (Å²) in [6.07, 6.45) is 2.97. The van der Waals surface area contributed by atoms with Gasteiger partial charge in [0.2, 0.25) is 15.9 Å². The van der Waals surface area contributed by atoms with E-state index in [0.29, 0.717) is 23.7 Å². The van der Waals surface area contributed by atoms with Crippen LogP contribution in [0.25, 0.3) is 10.4 Å². The third-order valence-corrected chi connectivity index (χ3v) is 7.40. The number of piperidine rings is 1. The number of nitrogens with zero attached hydrogens (tertiary/aromatic N) is 1. The molecule has 3 heterocycles. The van der Waals surface area contributed by atoms with Gasteiger partial charge in [0.05, 0.1) is 19.4 Å². The van der Waals surface area contributed by atoms with Gasteiger partial charge in [-0.05, 0) is 43.7 Å². The van der Waals surface area contributed by atoms with E-state index in [-0.39, 0.29) is 25.0 Å². The van der Waals surface area contributed by atoms with E-state index in [1.54, 1.807) is 6.92 Å². The summed E-state index contributed by atoms with van der Waals surface area (Å²) in [6, 6.07) is 3.84. The molecule has 11 heteroatoms. The van der Waals surface area contributed by atoms with E-state index >= 15 is 0 Å². The highest BCUT2D eigenvalue weighted by atomic mass is 32.2. The van der Waals surface area contributed by atoms with Crippen molar-refractivity contribution in [3.05, 3.63) is 28.5 Å². The van der Waals surface area contributed by atoms with E-state index in [1.807, 2.05) is 27.8 Å². The summed E-state index contributed by atoms with van der Waals surface area (Å²) in [5.41, 5.74) is 1.15. The first-order chi connectivity index (χ1) is 14.8. The van der Waals surface area contributed by atoms with Gasteiger partial charge in [-0.15, -0.1) is 22.7 Å². The van der Waals surface area contributed by atoms with Crippen molar-refractivity contribution in [1.29, 1.82) is 0 Å². The number of carbonyl (C=O) groups is 2. The largest absolute Gasteiger partial charge is 0.462 e. The van der Waals surface area contributed by atoms with Gasteiger partial charge in [0.25, 0.3) is 0 Å². The Morgan fingerprint density at radius 1 is 1.32 bits per heavy atom. The van der Waals surface area contributed by atoms with E-state index in [0.717, 1.165) is 36.1 Å². The molecule has 1 aliphatic heterocycles. The average molecular weight is 486 g/mol. The smallest absolute Gasteiger partial charge is 0.341 e. The Labute approximate surface area is 190 Å². The quantitative estimate of drug-likeness (QED) is 0.529. The lowest BCUT2D eigenvalue weighted by Gasteiger charge is -2.32. The SMILES string of the molecule is CCOC(=O)c1c(-c2cccs2)csc1NC(=O)CN1CCCC(CNS(C)(=O)=O)C1. The van der Waals surface area contributed by atoms with Crippen molar-refractivity contribution in [3.8, 4) is 10.4 Å². The highest BCUT2D eigenvalue weighted by molar-refractivity contribution is 7.88. The molecular formula is C20H27N3O5S3. The van der Waals surface area contributed by atoms with Gasteiger partial charge in [-0.1, -0.05) is 6.07 Å². The van der Waals surface area contributed by atoms with Crippen LogP contribution in [-0.2, 0) is 19.6 Å². The van der Waals surface area contributed by atoms with E-state index in [2.05, 4.69) is 10.0 Å². The van der Waals surface area contributed by atoms with Crippen LogP contribution in [0.4, 0.5) is 5.00 Å². The number of nitrogens with one attached hydrogen (secondary N) is 2. The van der Waals surface area contributed by atoms with Crippen molar-refractivity contribution in [3.63, 3.8) is 0 Å². The van der Waals surface area contributed by atoms with Gasteiger partial charge in [0, 0.05) is 28.9 Å². The summed E-state index contributed by atoms with van der Waals surface area (Å²) in [5, 5.41) is 7.16. The van der Waals surface area contributed by atoms with E-state index in [4.69, 9.17) is 4.74 Å². The Morgan fingerprint density at radius 3 is 2.81 bits per heavy atom. The molecule has 2 aromatic heterocycles. The number of hydrogen-bond donors (Lipinski definition) is 2. The van der Waals surface area contributed by atoms with Crippen LogP contribution in [0.2, 0.25) is 0 Å². The zero-order valence-corrected chi connectivity index (χ0v) is 20.0. The first kappa shape index (κ1) is 23.9. The van der Waals surface area contributed by atoms with E-state index in [1.165, 1.54) is 22.7 Å². The first-order valence-electron chi connectivity index (χ1n) is 10.1. The second kappa shape index (κ2) is 10.7. The van der Waals surface area contributed by atoms with Gasteiger partial charge < -0.3 is 10.1 Å². The summed E-state index contributed by atoms with van der Waals surface area (Å²) in [4.78, 5) is 28.3. The molecule has 0 bridgehead atoms. The monoisotopic (exact) mass is 485 g/mol. The van der Waals surface area contributed by atoms with E-state index < -0.39 is 16.0 Å². The molecule has 0 radical (unpaired) electrons. The molecule has 2 N–H and O–H groups in total. The number of amides is 1. The van der Waals surface area contributed by atoms with Crippen LogP contribution in [0.15, 0.2) is 22.9 Å². The Hall–Kier alpha value is -1.79. The minimum atomic E-state index is -3.23. The maximum Gasteiger partial charge on any atom is 0.341 e. The topological polar surface area (TPSA) is 105 Å². The van der Waals surface area contributed by atoms with Crippen LogP contribution in [0.1, 0.15) is 30.1 Å². The summed E-state index contributed by atoms with van der Waals surface area (Å²) in [5.74, 6) is -0.493. The van der Waals surface area contributed by atoms with Crippen LogP contribution < -0.4 is 10.0 Å². The number of ether oxygens (including phenoxy) is 1. The first-order valence-corrected chi connectivity index (χ1v) is 13.7. The molecule has 1 saturated heterocycles. The molecule has 1 amide bonds. The number of hydrogen-bond acceptors (Lipinski definition) is 8. The zero-order valence-electron chi connectivity index (χ0n) is 17.5. The number of carbonyl (C=O) groups excluding carboxylic acids is 2. The molecule has 3 rings (SSSR count). The van der Waals surface area contributed by atoms with Crippen molar-refractivity contribution in [2.24, 2.45) is 5.92 Å². The molecule has 170 valence electrons. The fraction of sp³-hybridized carbons (Fsp3) is 0.500. The molecule has 1 fully saturated rings. The number of esters is 1. The predicted octanol–water partition coefficient (Wildman–Crippen LogP) is 2.85. The number of thiophene rings is 2. The highest BCUT2D eigenvalue weighted by Gasteiger charge is 2.25. The molecule has 1 atom stereocenters. The van der Waals surface area contributed by atoms with Gasteiger partial charge in [0.1, 0.15) is 10.6 Å². The average Bonchev–Trinajstić information content (AvgIpc) is 3.36. The van der Waals surface area contributed by atoms with Crippen molar-refractivity contribution in [2.75, 3.05) is 44.4 Å². The molecule has 31 heavy (non-hydrogen) atoms. The lowest BCUT2D eigenvalue weighted by Crippen LogP contribution is -2.43. The van der Waals surface area contributed by atoms with Crippen LogP contribution in [0.5, 0.6) is 0 Å². The Kier molecular flexibility index (Phi) is 8.23. The predicted molar refractivity (Wildman–Crippen MR) is 124 cm³/mol. The molecule has 0 spiro atoms. The van der Waals surface area contributed by atoms with Gasteiger partial charge in [-0.25, -0.2) is 17.9 Å². The molecule has 0 aromatic carbocycles. The highest BCUT2D eigenvalue weighted by Crippen LogP contribution is 2.38. The summed E-state index contributed by atoms with van der Waals surface area (Å²) >= 11 is 2.83. The fourth-order valence-corrected chi connectivity index (χ4v) is 5.90. The van der Waals surface area contributed by atoms with Crippen molar-refractivity contribution in [1.82, 2.24) is 9.62 Å². The Balaban J connectivity index is 1.65. The van der Waals surface area contributed by atoms with Crippen molar-refractivity contribution < 1.29 is 22.7 Å². The molecular weight excluding hydrogens is 458 g/mol. The van der Waals surface area contributed by atoms with Crippen LogP contribution in [0.3, 0.4) is 0 Å². The second-order valence-electron chi connectivity index (χ2n) is 7.46. The van der Waals surface area contributed by atoms with Crippen LogP contribution in [0, 0.1) is 5.92 Å². The van der Waals surface area contributed by atoms with Gasteiger partial charge >= 0.3 is 5.97 Å². The lowest BCUT2D eigenvalue weighted by atomic mass is 9.98. The normalized spacial score (nSPS) is 17.4. The summed E-state index contributed by atoms with van der Waals surface area (Å²) < 4.78 is 30.4. The molecule has 0 saturated carbocycles. The third-order valence-electron chi connectivity index (χ3n) is 4.91. The molecule has 8 nitrogen and oxygen atoms in total. The maximum atomic E-state index is 12.7. The number of likely N-dealkylation sites (tertiary alicyclic amines) is 1. The van der Waals surface area contributed by atoms with Crippen LogP contribution in [-0.4, -0.2) is 64.2 Å². The zero-order chi connectivity index (χ0) is 22.4. The van der Waals surface area contributed by atoms with Crippen molar-refractivity contribution >= 4 is 49.6 Å². The molecule has 1 unspecified atom stereocenters. The fourth-order valence-electron chi connectivity index (χ4n) is 3.57. The van der Waals surface area contributed by atoms with Crippen molar-refractivity contribution in [2.45, 2.75) is 19.8 Å². The summed E-state index contributed by atoms with van der Waals surface area (Å²) in [7, 11) is -3.23. The molecule has 2 aromatic rings. The van der Waals surface area contributed by atoms with Gasteiger partial charge in [-0.3, -0.25) is 9.69 Å². The maximum absolute atomic E-state index is 12.7. The summed E-state index contributed by atoms with van der Waals surface area (Å²) in [6.45, 7) is 3.98. The molecule has 0 aliphatic carbocycles. The minimum Gasteiger partial charge on any atom is -0.462 e. The second-order valence-corrected chi connectivity index (χ2v) is 11.1. The minimum absolute atomic E-state index is 0.165. The van der Waals surface area contributed by atoms with Gasteiger partial charge in [-0.2, -0.15) is 0 Å². The standard InChI is InChI=1S/C20H27N3O5S3/c1-3-28-20(25)18-15(16-7-5-9-29-16)13-30-19(18)22-17(24)12-23-8-4-6-14(11-23)10-21-31(2,26)27/h5,7,9,13-14,21H,3-4,6,8,10-12H2,1-2H3,(H,22,24). The number of rotatable bonds is 9. The Morgan fingerprint density at radius 2 is 2.13 bits per heavy atom. The third kappa shape index (κ3) is 6.84. The number of anilines is 1. The van der Waals surface area contributed by atoms with Crippen LogP contribution >= 0.6 is 22.7 Å². The molecule has 1 aliphatic rings. The Bertz CT molecular complexity index is 1000. The lowest BCUT2D eigenvalue weighted by molar-refractivity contribution is -0.117. The van der Waals surface area contributed by atoms with E-state index in [9.17, 15) is 18.0 Å². The number of sulfonamides is 1.